The van der Waals surface area contributed by atoms with E-state index in [0.29, 0.717) is 5.56 Å². The van der Waals surface area contributed by atoms with E-state index in [1.54, 1.807) is 24.3 Å². The van der Waals surface area contributed by atoms with Gasteiger partial charge in [0.05, 0.1) is 12.2 Å². The summed E-state index contributed by atoms with van der Waals surface area (Å²) in [5.41, 5.74) is 0.466. The molecule has 0 radical (unpaired) electrons. The molecule has 1 atom stereocenters. The normalized spacial score (nSPS) is 11.8. The fraction of sp³-hybridized carbons (Fsp3) is 0.182. The Morgan fingerprint density at radius 1 is 1.50 bits per heavy atom. The van der Waals surface area contributed by atoms with Crippen molar-refractivity contribution in [2.75, 3.05) is 6.61 Å². The van der Waals surface area contributed by atoms with Crippen molar-refractivity contribution in [3.8, 4) is 0 Å². The van der Waals surface area contributed by atoms with Crippen molar-refractivity contribution in [2.24, 2.45) is 0 Å². The van der Waals surface area contributed by atoms with E-state index in [2.05, 4.69) is 6.58 Å². The third kappa shape index (κ3) is 2.71. The summed E-state index contributed by atoms with van der Waals surface area (Å²) in [6.45, 7) is 3.19. The summed E-state index contributed by atoms with van der Waals surface area (Å²) in [5.74, 6) is -0.454. The highest BCUT2D eigenvalue weighted by atomic mass is 16.5. The molecule has 0 aliphatic carbocycles. The first-order valence-electron chi connectivity index (χ1n) is 4.27. The number of carbonyl (C=O) groups is 1. The van der Waals surface area contributed by atoms with E-state index in [4.69, 9.17) is 9.84 Å². The lowest BCUT2D eigenvalue weighted by Crippen LogP contribution is -2.19. The summed E-state index contributed by atoms with van der Waals surface area (Å²) in [5, 5.41) is 8.77. The zero-order valence-corrected chi connectivity index (χ0v) is 7.72. The Hall–Kier alpha value is -1.61. The molecule has 3 heteroatoms. The summed E-state index contributed by atoms with van der Waals surface area (Å²) < 4.78 is 4.93. The van der Waals surface area contributed by atoms with Crippen LogP contribution >= 0.6 is 0 Å². The van der Waals surface area contributed by atoms with Crippen LogP contribution in [-0.4, -0.2) is 23.8 Å². The predicted molar refractivity (Wildman–Crippen MR) is 52.9 cm³/mol. The van der Waals surface area contributed by atoms with Crippen molar-refractivity contribution in [2.45, 2.75) is 6.10 Å². The Morgan fingerprint density at radius 2 is 2.14 bits per heavy atom. The quantitative estimate of drug-likeness (QED) is 0.579. The Morgan fingerprint density at radius 3 is 2.64 bits per heavy atom. The lowest BCUT2D eigenvalue weighted by Gasteiger charge is -2.10. The van der Waals surface area contributed by atoms with Crippen LogP contribution in [0.3, 0.4) is 0 Å². The number of hydrogen-bond donors (Lipinski definition) is 1. The summed E-state index contributed by atoms with van der Waals surface area (Å²) >= 11 is 0. The van der Waals surface area contributed by atoms with Crippen LogP contribution in [0.25, 0.3) is 0 Å². The fourth-order valence-corrected chi connectivity index (χ4v) is 0.940. The lowest BCUT2D eigenvalue weighted by atomic mass is 10.2. The molecule has 1 aromatic carbocycles. The van der Waals surface area contributed by atoms with Crippen LogP contribution in [0.4, 0.5) is 0 Å². The van der Waals surface area contributed by atoms with E-state index >= 15 is 0 Å². The number of esters is 1. The number of aliphatic hydroxyl groups is 1. The van der Waals surface area contributed by atoms with Gasteiger partial charge in [0, 0.05) is 0 Å². The van der Waals surface area contributed by atoms with Crippen molar-refractivity contribution in [3.05, 3.63) is 48.6 Å². The zero-order valence-electron chi connectivity index (χ0n) is 7.72. The molecule has 3 nitrogen and oxygen atoms in total. The Bertz CT molecular complexity index is 306. The first kappa shape index (κ1) is 10.5. The van der Waals surface area contributed by atoms with Gasteiger partial charge in [-0.25, -0.2) is 4.79 Å². The van der Waals surface area contributed by atoms with Gasteiger partial charge < -0.3 is 9.84 Å². The van der Waals surface area contributed by atoms with Gasteiger partial charge >= 0.3 is 5.97 Å². The molecule has 0 aliphatic heterocycles. The maximum absolute atomic E-state index is 11.4. The maximum atomic E-state index is 11.4. The second-order valence-electron chi connectivity index (χ2n) is 2.73. The van der Waals surface area contributed by atoms with Crippen molar-refractivity contribution in [1.82, 2.24) is 0 Å². The first-order valence-corrected chi connectivity index (χ1v) is 4.27. The molecule has 0 amide bonds. The largest absolute Gasteiger partial charge is 0.452 e. The van der Waals surface area contributed by atoms with Crippen LogP contribution in [0.15, 0.2) is 43.0 Å². The molecule has 0 bridgehead atoms. The minimum absolute atomic E-state index is 0.248. The van der Waals surface area contributed by atoms with Gasteiger partial charge in [-0.3, -0.25) is 0 Å². The molecular weight excluding hydrogens is 180 g/mol. The second-order valence-corrected chi connectivity index (χ2v) is 2.73. The van der Waals surface area contributed by atoms with Gasteiger partial charge in [-0.15, -0.1) is 0 Å². The molecule has 0 spiro atoms. The minimum atomic E-state index is -0.636. The maximum Gasteiger partial charge on any atom is 0.338 e. The number of hydrogen-bond acceptors (Lipinski definition) is 3. The van der Waals surface area contributed by atoms with Crippen LogP contribution < -0.4 is 0 Å². The van der Waals surface area contributed by atoms with Crippen molar-refractivity contribution >= 4 is 5.97 Å². The molecule has 1 aromatic rings. The number of aliphatic hydroxyl groups excluding tert-OH is 1. The molecule has 0 heterocycles. The molecule has 0 aromatic heterocycles. The Kier molecular flexibility index (Phi) is 3.88. The minimum Gasteiger partial charge on any atom is -0.452 e. The van der Waals surface area contributed by atoms with Crippen LogP contribution in [0.2, 0.25) is 0 Å². The van der Waals surface area contributed by atoms with E-state index in [1.165, 1.54) is 6.08 Å². The van der Waals surface area contributed by atoms with Crippen LogP contribution in [-0.2, 0) is 4.74 Å². The number of rotatable bonds is 4. The van der Waals surface area contributed by atoms with E-state index < -0.39 is 12.1 Å². The molecular formula is C11H12O3. The SMILES string of the molecule is C=CC(CO)OC(=O)c1ccccc1. The van der Waals surface area contributed by atoms with Gasteiger partial charge in [0.15, 0.2) is 0 Å². The number of benzene rings is 1. The van der Waals surface area contributed by atoms with Gasteiger partial charge in [-0.1, -0.05) is 24.8 Å². The van der Waals surface area contributed by atoms with E-state index in [9.17, 15) is 4.79 Å². The number of carbonyl (C=O) groups excluding carboxylic acids is 1. The summed E-state index contributed by atoms with van der Waals surface area (Å²) in [6, 6.07) is 8.62. The molecule has 1 rings (SSSR count). The van der Waals surface area contributed by atoms with Crippen LogP contribution in [0.5, 0.6) is 0 Å². The molecule has 0 saturated carbocycles. The molecule has 1 unspecified atom stereocenters. The monoisotopic (exact) mass is 192 g/mol. The van der Waals surface area contributed by atoms with Crippen LogP contribution in [0, 0.1) is 0 Å². The molecule has 0 fully saturated rings. The third-order valence-corrected chi connectivity index (χ3v) is 1.71. The van der Waals surface area contributed by atoms with E-state index in [-0.39, 0.29) is 6.61 Å². The van der Waals surface area contributed by atoms with Crippen LogP contribution in [0.1, 0.15) is 10.4 Å². The highest BCUT2D eigenvalue weighted by Gasteiger charge is 2.11. The van der Waals surface area contributed by atoms with Crippen molar-refractivity contribution in [1.29, 1.82) is 0 Å². The van der Waals surface area contributed by atoms with Crippen molar-refractivity contribution in [3.63, 3.8) is 0 Å². The van der Waals surface area contributed by atoms with Gasteiger partial charge in [0.25, 0.3) is 0 Å². The number of ether oxygens (including phenoxy) is 1. The summed E-state index contributed by atoms with van der Waals surface area (Å²) in [7, 11) is 0. The Balaban J connectivity index is 2.63. The van der Waals surface area contributed by atoms with Gasteiger partial charge in [0.2, 0.25) is 0 Å². The van der Waals surface area contributed by atoms with E-state index in [0.717, 1.165) is 0 Å². The zero-order chi connectivity index (χ0) is 10.4. The molecule has 0 saturated heterocycles. The van der Waals surface area contributed by atoms with E-state index in [1.807, 2.05) is 6.07 Å². The molecule has 74 valence electrons. The lowest BCUT2D eigenvalue weighted by molar-refractivity contribution is 0.0272. The van der Waals surface area contributed by atoms with Gasteiger partial charge in [-0.2, -0.15) is 0 Å². The van der Waals surface area contributed by atoms with Gasteiger partial charge in [0.1, 0.15) is 6.10 Å². The summed E-state index contributed by atoms with van der Waals surface area (Å²) in [6.07, 6.45) is 0.753. The first-order chi connectivity index (χ1) is 6.77. The second kappa shape index (κ2) is 5.19. The Labute approximate surface area is 82.6 Å². The molecule has 14 heavy (non-hydrogen) atoms. The average Bonchev–Trinajstić information content (AvgIpc) is 2.26. The average molecular weight is 192 g/mol. The molecule has 1 N–H and O–H groups in total. The predicted octanol–water partition coefficient (Wildman–Crippen LogP) is 1.39. The highest BCUT2D eigenvalue weighted by molar-refractivity contribution is 5.89. The standard InChI is InChI=1S/C11H12O3/c1-2-10(8-12)14-11(13)9-6-4-3-5-7-9/h2-7,10,12H,1,8H2. The van der Waals surface area contributed by atoms with Crippen molar-refractivity contribution < 1.29 is 14.6 Å². The fourth-order valence-electron chi connectivity index (χ4n) is 0.940. The topological polar surface area (TPSA) is 46.5 Å². The third-order valence-electron chi connectivity index (χ3n) is 1.71. The summed E-state index contributed by atoms with van der Waals surface area (Å²) in [4.78, 5) is 11.4. The van der Waals surface area contributed by atoms with Gasteiger partial charge in [-0.05, 0) is 18.2 Å². The smallest absolute Gasteiger partial charge is 0.338 e. The molecule has 0 aliphatic rings. The highest BCUT2D eigenvalue weighted by Crippen LogP contribution is 2.03.